The van der Waals surface area contributed by atoms with Crippen LogP contribution in [0.1, 0.15) is 12.8 Å². The van der Waals surface area contributed by atoms with Gasteiger partial charge in [0.2, 0.25) is 5.91 Å². The van der Waals surface area contributed by atoms with Crippen LogP contribution in [0.4, 0.5) is 5.69 Å². The molecular formula is C14H21IN4O2. The summed E-state index contributed by atoms with van der Waals surface area (Å²) in [5.41, 5.74) is 6.55. The highest BCUT2D eigenvalue weighted by Gasteiger charge is 2.16. The lowest BCUT2D eigenvalue weighted by Crippen LogP contribution is -2.31. The fraction of sp³-hybridized carbons (Fsp3) is 0.429. The molecule has 0 spiro atoms. The van der Waals surface area contributed by atoms with Gasteiger partial charge in [-0.2, -0.15) is 0 Å². The number of ether oxygens (including phenoxy) is 1. The first-order valence-corrected chi connectivity index (χ1v) is 6.68. The molecule has 1 heterocycles. The van der Waals surface area contributed by atoms with Crippen molar-refractivity contribution < 1.29 is 9.53 Å². The Morgan fingerprint density at radius 3 is 2.81 bits per heavy atom. The van der Waals surface area contributed by atoms with Gasteiger partial charge in [0.15, 0.2) is 5.96 Å². The number of nitrogens with one attached hydrogen (secondary N) is 1. The maximum atomic E-state index is 11.8. The van der Waals surface area contributed by atoms with Gasteiger partial charge in [0.25, 0.3) is 0 Å². The summed E-state index contributed by atoms with van der Waals surface area (Å²) in [5.74, 6) is 0.986. The Bertz CT molecular complexity index is 502. The number of guanidine groups is 1. The highest BCUT2D eigenvalue weighted by molar-refractivity contribution is 14.0. The van der Waals surface area contributed by atoms with Gasteiger partial charge in [-0.25, -0.2) is 4.99 Å². The zero-order valence-electron chi connectivity index (χ0n) is 12.0. The highest BCUT2D eigenvalue weighted by atomic mass is 127. The molecule has 2 rings (SSSR count). The average Bonchev–Trinajstić information content (AvgIpc) is 2.99. The van der Waals surface area contributed by atoms with Crippen molar-refractivity contribution in [1.82, 2.24) is 4.90 Å². The lowest BCUT2D eigenvalue weighted by Gasteiger charge is -2.13. The summed E-state index contributed by atoms with van der Waals surface area (Å²) in [6.45, 7) is 1.75. The van der Waals surface area contributed by atoms with E-state index in [2.05, 4.69) is 10.3 Å². The number of aliphatic imine (C=N–C) groups is 1. The highest BCUT2D eigenvalue weighted by Crippen LogP contribution is 2.16. The molecule has 0 aliphatic carbocycles. The third kappa shape index (κ3) is 5.41. The van der Waals surface area contributed by atoms with Gasteiger partial charge in [0.1, 0.15) is 12.3 Å². The Balaban J connectivity index is 0.00000220. The quantitative estimate of drug-likeness (QED) is 0.455. The van der Waals surface area contributed by atoms with Gasteiger partial charge in [-0.05, 0) is 25.0 Å². The van der Waals surface area contributed by atoms with Gasteiger partial charge >= 0.3 is 0 Å². The van der Waals surface area contributed by atoms with Crippen LogP contribution in [-0.2, 0) is 4.79 Å². The van der Waals surface area contributed by atoms with Crippen LogP contribution in [0.2, 0.25) is 0 Å². The van der Waals surface area contributed by atoms with Gasteiger partial charge < -0.3 is 20.7 Å². The molecule has 1 aliphatic rings. The van der Waals surface area contributed by atoms with Crippen LogP contribution in [0.25, 0.3) is 0 Å². The molecule has 0 saturated carbocycles. The maximum absolute atomic E-state index is 11.8. The summed E-state index contributed by atoms with van der Waals surface area (Å²) in [4.78, 5) is 17.7. The second-order valence-electron chi connectivity index (χ2n) is 4.65. The molecule has 0 unspecified atom stereocenters. The van der Waals surface area contributed by atoms with E-state index in [0.29, 0.717) is 0 Å². The Morgan fingerprint density at radius 2 is 2.14 bits per heavy atom. The molecule has 0 radical (unpaired) electrons. The third-order valence-corrected chi connectivity index (χ3v) is 3.19. The van der Waals surface area contributed by atoms with Crippen molar-refractivity contribution in [2.24, 2.45) is 10.7 Å². The van der Waals surface area contributed by atoms with Crippen molar-refractivity contribution >= 4 is 41.5 Å². The number of halogens is 1. The van der Waals surface area contributed by atoms with E-state index >= 15 is 0 Å². The number of hydrogen-bond donors (Lipinski definition) is 2. The zero-order valence-corrected chi connectivity index (χ0v) is 14.4. The minimum Gasteiger partial charge on any atom is -0.497 e. The first-order valence-electron chi connectivity index (χ1n) is 6.68. The first-order chi connectivity index (χ1) is 9.69. The fourth-order valence-corrected chi connectivity index (χ4v) is 2.11. The van der Waals surface area contributed by atoms with Gasteiger partial charge in [-0.15, -0.1) is 24.0 Å². The largest absolute Gasteiger partial charge is 0.497 e. The Morgan fingerprint density at radius 1 is 1.43 bits per heavy atom. The first kappa shape index (κ1) is 17.5. The molecule has 0 atom stereocenters. The molecule has 0 aromatic heterocycles. The second-order valence-corrected chi connectivity index (χ2v) is 4.65. The number of likely N-dealkylation sites (tertiary alicyclic amines) is 1. The SMILES string of the molecule is COc1cccc(NC(N)=NCC(=O)N2CCCC2)c1.I. The third-order valence-electron chi connectivity index (χ3n) is 3.19. The van der Waals surface area contributed by atoms with Crippen LogP contribution >= 0.6 is 24.0 Å². The Hall–Kier alpha value is -1.51. The van der Waals surface area contributed by atoms with Gasteiger partial charge in [-0.3, -0.25) is 4.79 Å². The predicted molar refractivity (Wildman–Crippen MR) is 94.3 cm³/mol. The molecule has 0 bridgehead atoms. The van der Waals surface area contributed by atoms with E-state index in [-0.39, 0.29) is 42.4 Å². The van der Waals surface area contributed by atoms with Gasteiger partial charge in [0, 0.05) is 24.8 Å². The molecule has 7 heteroatoms. The molecule has 1 saturated heterocycles. The predicted octanol–water partition coefficient (Wildman–Crippen LogP) is 1.66. The van der Waals surface area contributed by atoms with Crippen LogP contribution in [0.5, 0.6) is 5.75 Å². The molecule has 116 valence electrons. The van der Waals surface area contributed by atoms with E-state index in [1.807, 2.05) is 29.2 Å². The standard InChI is InChI=1S/C14H20N4O2.HI/c1-20-12-6-4-5-11(9-12)17-14(15)16-10-13(19)18-7-2-3-8-18;/h4-6,9H,2-3,7-8,10H2,1H3,(H3,15,16,17);1H. The number of amides is 1. The Kier molecular flexibility index (Phi) is 7.27. The molecule has 3 N–H and O–H groups in total. The summed E-state index contributed by atoms with van der Waals surface area (Å²) in [5, 5.41) is 2.94. The summed E-state index contributed by atoms with van der Waals surface area (Å²) < 4.78 is 5.12. The smallest absolute Gasteiger partial charge is 0.244 e. The number of hydrogen-bond acceptors (Lipinski definition) is 3. The van der Waals surface area contributed by atoms with Crippen molar-refractivity contribution in [3.63, 3.8) is 0 Å². The van der Waals surface area contributed by atoms with Crippen molar-refractivity contribution in [2.75, 3.05) is 32.1 Å². The lowest BCUT2D eigenvalue weighted by atomic mass is 10.3. The molecule has 1 amide bonds. The number of carbonyl (C=O) groups is 1. The Labute approximate surface area is 141 Å². The van der Waals surface area contributed by atoms with Crippen molar-refractivity contribution in [1.29, 1.82) is 0 Å². The molecule has 21 heavy (non-hydrogen) atoms. The number of carbonyl (C=O) groups excluding carboxylic acids is 1. The van der Waals surface area contributed by atoms with Crippen LogP contribution in [0.3, 0.4) is 0 Å². The monoisotopic (exact) mass is 404 g/mol. The number of benzene rings is 1. The molecule has 1 aliphatic heterocycles. The van der Waals surface area contributed by atoms with Crippen molar-refractivity contribution in [3.05, 3.63) is 24.3 Å². The average molecular weight is 404 g/mol. The van der Waals surface area contributed by atoms with Crippen molar-refractivity contribution in [3.8, 4) is 5.75 Å². The second kappa shape index (κ2) is 8.71. The van der Waals surface area contributed by atoms with Crippen LogP contribution in [0.15, 0.2) is 29.3 Å². The molecule has 1 aromatic carbocycles. The van der Waals surface area contributed by atoms with E-state index < -0.39 is 0 Å². The minimum absolute atomic E-state index is 0. The lowest BCUT2D eigenvalue weighted by molar-refractivity contribution is -0.128. The van der Waals surface area contributed by atoms with Gasteiger partial charge in [-0.1, -0.05) is 6.07 Å². The number of rotatable bonds is 4. The normalized spacial score (nSPS) is 14.5. The molecule has 6 nitrogen and oxygen atoms in total. The minimum atomic E-state index is 0. The zero-order chi connectivity index (χ0) is 14.4. The number of methoxy groups -OCH3 is 1. The van der Waals surface area contributed by atoms with E-state index in [9.17, 15) is 4.79 Å². The van der Waals surface area contributed by atoms with Gasteiger partial charge in [0.05, 0.1) is 7.11 Å². The topological polar surface area (TPSA) is 80.0 Å². The van der Waals surface area contributed by atoms with E-state index in [1.54, 1.807) is 7.11 Å². The van der Waals surface area contributed by atoms with E-state index in [1.165, 1.54) is 0 Å². The maximum Gasteiger partial charge on any atom is 0.244 e. The molecule has 1 fully saturated rings. The van der Waals surface area contributed by atoms with E-state index in [0.717, 1.165) is 37.4 Å². The fourth-order valence-electron chi connectivity index (χ4n) is 2.11. The van der Waals surface area contributed by atoms with Crippen LogP contribution in [-0.4, -0.2) is 43.5 Å². The van der Waals surface area contributed by atoms with Crippen LogP contribution < -0.4 is 15.8 Å². The summed E-state index contributed by atoms with van der Waals surface area (Å²) >= 11 is 0. The van der Waals surface area contributed by atoms with Crippen LogP contribution in [0, 0.1) is 0 Å². The number of anilines is 1. The van der Waals surface area contributed by atoms with Crippen molar-refractivity contribution in [2.45, 2.75) is 12.8 Å². The van der Waals surface area contributed by atoms with E-state index in [4.69, 9.17) is 10.5 Å². The summed E-state index contributed by atoms with van der Waals surface area (Å²) in [6, 6.07) is 7.36. The summed E-state index contributed by atoms with van der Waals surface area (Å²) in [6.07, 6.45) is 2.15. The number of nitrogens with two attached hydrogens (primary N) is 1. The summed E-state index contributed by atoms with van der Waals surface area (Å²) in [7, 11) is 1.60. The molecular weight excluding hydrogens is 383 g/mol. The molecule has 1 aromatic rings. The number of nitrogens with zero attached hydrogens (tertiary/aromatic N) is 2.